The molecule has 6 nitrogen and oxygen atoms in total. The molecule has 1 aliphatic heterocycles. The second kappa shape index (κ2) is 11.1. The minimum atomic E-state index is -0.375. The zero-order chi connectivity index (χ0) is 24.1. The molecule has 0 spiro atoms. The fraction of sp³-hybridized carbons (Fsp3) is 0.160. The Kier molecular flexibility index (Phi) is 7.92. The summed E-state index contributed by atoms with van der Waals surface area (Å²) in [6.07, 6.45) is 1.81. The molecule has 1 unspecified atom stereocenters. The highest BCUT2D eigenvalue weighted by Gasteiger charge is 2.28. The van der Waals surface area contributed by atoms with Crippen molar-refractivity contribution in [2.45, 2.75) is 12.1 Å². The highest BCUT2D eigenvalue weighted by Crippen LogP contribution is 2.38. The summed E-state index contributed by atoms with van der Waals surface area (Å²) < 4.78 is 17.7. The Labute approximate surface area is 215 Å². The van der Waals surface area contributed by atoms with Gasteiger partial charge in [-0.25, -0.2) is 0 Å². The van der Waals surface area contributed by atoms with E-state index in [4.69, 9.17) is 25.8 Å². The monoisotopic (exact) mass is 560 g/mol. The van der Waals surface area contributed by atoms with Crippen molar-refractivity contribution in [1.29, 1.82) is 0 Å². The second-order valence-corrected chi connectivity index (χ2v) is 9.71. The molecule has 3 aromatic rings. The number of carbonyl (C=O) groups is 1. The number of carbonyl (C=O) groups excluding carboxylic acids is 1. The number of methoxy groups -OCH3 is 2. The van der Waals surface area contributed by atoms with E-state index in [1.54, 1.807) is 32.4 Å². The Balaban J connectivity index is 1.50. The highest BCUT2D eigenvalue weighted by molar-refractivity contribution is 9.10. The first-order valence-electron chi connectivity index (χ1n) is 10.3. The molecule has 1 saturated heterocycles. The van der Waals surface area contributed by atoms with Crippen molar-refractivity contribution >= 4 is 57.0 Å². The van der Waals surface area contributed by atoms with Crippen molar-refractivity contribution in [2.75, 3.05) is 19.5 Å². The minimum Gasteiger partial charge on any atom is -0.495 e. The molecule has 1 heterocycles. The molecule has 1 fully saturated rings. The highest BCUT2D eigenvalue weighted by atomic mass is 79.9. The molecule has 2 N–H and O–H groups in total. The smallest absolute Gasteiger partial charge is 0.260 e. The number of anilines is 1. The molecule has 0 aliphatic carbocycles. The summed E-state index contributed by atoms with van der Waals surface area (Å²) in [6, 6.07) is 18.9. The van der Waals surface area contributed by atoms with Crippen LogP contribution in [-0.2, 0) is 11.4 Å². The Hall–Kier alpha value is -2.81. The van der Waals surface area contributed by atoms with Gasteiger partial charge in [0.05, 0.1) is 24.8 Å². The van der Waals surface area contributed by atoms with E-state index in [0.717, 1.165) is 15.6 Å². The maximum absolute atomic E-state index is 12.6. The quantitative estimate of drug-likeness (QED) is 0.315. The van der Waals surface area contributed by atoms with Gasteiger partial charge in [-0.05, 0) is 47.5 Å². The predicted molar refractivity (Wildman–Crippen MR) is 141 cm³/mol. The van der Waals surface area contributed by atoms with Gasteiger partial charge < -0.3 is 24.8 Å². The molecule has 1 amide bonds. The fourth-order valence-electron chi connectivity index (χ4n) is 3.31. The van der Waals surface area contributed by atoms with Crippen LogP contribution in [0.1, 0.15) is 11.1 Å². The topological polar surface area (TPSA) is 68.8 Å². The molecule has 34 heavy (non-hydrogen) atoms. The molecule has 1 atom stereocenters. The van der Waals surface area contributed by atoms with Crippen LogP contribution in [0.15, 0.2) is 70.0 Å². The molecule has 0 saturated carbocycles. The van der Waals surface area contributed by atoms with Gasteiger partial charge in [0.1, 0.15) is 12.4 Å². The van der Waals surface area contributed by atoms with Crippen LogP contribution < -0.4 is 24.8 Å². The Morgan fingerprint density at radius 2 is 1.82 bits per heavy atom. The Bertz CT molecular complexity index is 1220. The van der Waals surface area contributed by atoms with Crippen molar-refractivity contribution in [1.82, 2.24) is 5.32 Å². The van der Waals surface area contributed by atoms with Crippen LogP contribution >= 0.6 is 39.3 Å². The van der Waals surface area contributed by atoms with Gasteiger partial charge in [-0.15, -0.1) is 0 Å². The molecule has 0 aromatic heterocycles. The van der Waals surface area contributed by atoms with Gasteiger partial charge in [0, 0.05) is 9.50 Å². The molecule has 176 valence electrons. The van der Waals surface area contributed by atoms with E-state index in [1.807, 2.05) is 48.5 Å². The van der Waals surface area contributed by atoms with E-state index < -0.39 is 0 Å². The summed E-state index contributed by atoms with van der Waals surface area (Å²) in [6.45, 7) is 0.419. The van der Waals surface area contributed by atoms with E-state index in [1.165, 1.54) is 11.8 Å². The average Bonchev–Trinajstić information content (AvgIpc) is 3.18. The summed E-state index contributed by atoms with van der Waals surface area (Å²) in [5.74, 6) is 1.64. The number of benzene rings is 3. The number of nitrogens with one attached hydrogen (secondary N) is 2. The van der Waals surface area contributed by atoms with E-state index >= 15 is 0 Å². The van der Waals surface area contributed by atoms with E-state index in [9.17, 15) is 4.79 Å². The van der Waals surface area contributed by atoms with E-state index in [-0.39, 0.29) is 11.4 Å². The van der Waals surface area contributed by atoms with Crippen LogP contribution in [0.5, 0.6) is 17.2 Å². The maximum atomic E-state index is 12.6. The largest absolute Gasteiger partial charge is 0.495 e. The zero-order valence-corrected chi connectivity index (χ0v) is 21.6. The predicted octanol–water partition coefficient (Wildman–Crippen LogP) is 6.30. The number of ether oxygens (including phenoxy) is 3. The lowest BCUT2D eigenvalue weighted by molar-refractivity contribution is -0.116. The molecule has 0 radical (unpaired) electrons. The molecule has 9 heteroatoms. The normalized spacial score (nSPS) is 16.3. The minimum absolute atomic E-state index is 0.182. The zero-order valence-electron chi connectivity index (χ0n) is 18.4. The number of amides is 1. The number of hydrogen-bond acceptors (Lipinski definition) is 6. The number of hydrogen-bond donors (Lipinski definition) is 2. The lowest BCUT2D eigenvalue weighted by atomic mass is 10.2. The third kappa shape index (κ3) is 5.81. The van der Waals surface area contributed by atoms with E-state index in [2.05, 4.69) is 26.6 Å². The van der Waals surface area contributed by atoms with Gasteiger partial charge in [0.25, 0.3) is 5.91 Å². The average molecular weight is 562 g/mol. The number of thioether (sulfide) groups is 1. The van der Waals surface area contributed by atoms with Crippen molar-refractivity contribution in [2.24, 2.45) is 0 Å². The summed E-state index contributed by atoms with van der Waals surface area (Å²) in [7, 11) is 3.17. The van der Waals surface area contributed by atoms with E-state index in [0.29, 0.717) is 39.5 Å². The SMILES string of the molecule is COc1ccc(Cl)cc1NC1NC(=O)/C(=C/c2cc(OC)c(OCc3ccccc3)cc2Br)S1. The summed E-state index contributed by atoms with van der Waals surface area (Å²) >= 11 is 11.1. The van der Waals surface area contributed by atoms with Crippen LogP contribution in [0, 0.1) is 0 Å². The second-order valence-electron chi connectivity index (χ2n) is 7.27. The Morgan fingerprint density at radius 3 is 2.56 bits per heavy atom. The lowest BCUT2D eigenvalue weighted by Gasteiger charge is -2.16. The first-order chi connectivity index (χ1) is 16.5. The van der Waals surface area contributed by atoms with Crippen molar-refractivity contribution < 1.29 is 19.0 Å². The molecule has 1 aliphatic rings. The number of halogens is 2. The van der Waals surface area contributed by atoms with Crippen LogP contribution in [0.2, 0.25) is 5.02 Å². The first-order valence-corrected chi connectivity index (χ1v) is 12.4. The summed E-state index contributed by atoms with van der Waals surface area (Å²) in [5.41, 5.74) is 2.17. The Morgan fingerprint density at radius 1 is 1.06 bits per heavy atom. The molecular formula is C25H22BrClN2O4S. The first kappa shape index (κ1) is 24.3. The van der Waals surface area contributed by atoms with Gasteiger partial charge in [-0.3, -0.25) is 4.79 Å². The van der Waals surface area contributed by atoms with Crippen LogP contribution in [0.3, 0.4) is 0 Å². The summed E-state index contributed by atoms with van der Waals surface area (Å²) in [5, 5.41) is 6.73. The van der Waals surface area contributed by atoms with Gasteiger partial charge in [-0.2, -0.15) is 0 Å². The number of rotatable bonds is 8. The van der Waals surface area contributed by atoms with Crippen LogP contribution in [0.4, 0.5) is 5.69 Å². The van der Waals surface area contributed by atoms with Crippen molar-refractivity contribution in [3.8, 4) is 17.2 Å². The molecule has 3 aromatic carbocycles. The van der Waals surface area contributed by atoms with Crippen molar-refractivity contribution in [3.63, 3.8) is 0 Å². The van der Waals surface area contributed by atoms with Gasteiger partial charge in [-0.1, -0.05) is 69.6 Å². The third-order valence-electron chi connectivity index (χ3n) is 4.99. The molecule has 4 rings (SSSR count). The van der Waals surface area contributed by atoms with Crippen LogP contribution in [0.25, 0.3) is 6.08 Å². The van der Waals surface area contributed by atoms with Crippen LogP contribution in [-0.4, -0.2) is 25.6 Å². The molecule has 0 bridgehead atoms. The molecular weight excluding hydrogens is 540 g/mol. The third-order valence-corrected chi connectivity index (χ3v) is 6.94. The van der Waals surface area contributed by atoms with Crippen molar-refractivity contribution in [3.05, 3.63) is 86.2 Å². The fourth-order valence-corrected chi connectivity index (χ4v) is 4.89. The maximum Gasteiger partial charge on any atom is 0.260 e. The van der Waals surface area contributed by atoms with Gasteiger partial charge in [0.15, 0.2) is 17.0 Å². The standard InChI is InChI=1S/C25H22BrClN2O4S/c1-31-20-9-8-17(27)12-19(20)28-25-29-24(30)23(34-25)11-16-10-21(32-2)22(13-18(16)26)33-14-15-6-4-3-5-7-15/h3-13,25,28H,14H2,1-2H3,(H,29,30)/b23-11-. The van der Waals surface area contributed by atoms with Gasteiger partial charge in [0.2, 0.25) is 0 Å². The summed E-state index contributed by atoms with van der Waals surface area (Å²) in [4.78, 5) is 13.2. The lowest BCUT2D eigenvalue weighted by Crippen LogP contribution is -2.31. The van der Waals surface area contributed by atoms with Gasteiger partial charge >= 0.3 is 0 Å².